The first kappa shape index (κ1) is 14.5. The third-order valence-electron chi connectivity index (χ3n) is 3.22. The van der Waals surface area contributed by atoms with E-state index < -0.39 is 5.97 Å². The molecule has 5 heteroatoms. The number of methoxy groups -OCH3 is 1. The predicted octanol–water partition coefficient (Wildman–Crippen LogP) is 2.54. The lowest BCUT2D eigenvalue weighted by atomic mass is 10.1. The third-order valence-corrected chi connectivity index (χ3v) is 3.22. The SMILES string of the molecule is COCCN(c1ccc(C=CC(=O)O)cc1F)C1CC1. The molecule has 0 spiro atoms. The normalized spacial score (nSPS) is 14.7. The number of hydrogen-bond acceptors (Lipinski definition) is 3. The van der Waals surface area contributed by atoms with Crippen LogP contribution < -0.4 is 4.90 Å². The maximum absolute atomic E-state index is 14.2. The van der Waals surface area contributed by atoms with Crippen molar-refractivity contribution in [1.29, 1.82) is 0 Å². The second kappa shape index (κ2) is 6.52. The van der Waals surface area contributed by atoms with E-state index in [-0.39, 0.29) is 5.82 Å². The van der Waals surface area contributed by atoms with Crippen molar-refractivity contribution in [3.8, 4) is 0 Å². The van der Waals surface area contributed by atoms with Crippen molar-refractivity contribution in [1.82, 2.24) is 0 Å². The van der Waals surface area contributed by atoms with Crippen LogP contribution >= 0.6 is 0 Å². The lowest BCUT2D eigenvalue weighted by Gasteiger charge is -2.25. The Labute approximate surface area is 117 Å². The van der Waals surface area contributed by atoms with Crippen molar-refractivity contribution in [2.75, 3.05) is 25.2 Å². The molecule has 1 saturated carbocycles. The van der Waals surface area contributed by atoms with Crippen LogP contribution in [0.25, 0.3) is 6.08 Å². The van der Waals surface area contributed by atoms with Crippen molar-refractivity contribution in [3.63, 3.8) is 0 Å². The smallest absolute Gasteiger partial charge is 0.328 e. The summed E-state index contributed by atoms with van der Waals surface area (Å²) in [7, 11) is 1.63. The minimum absolute atomic E-state index is 0.333. The highest BCUT2D eigenvalue weighted by Gasteiger charge is 2.30. The molecule has 0 unspecified atom stereocenters. The molecule has 0 aromatic heterocycles. The van der Waals surface area contributed by atoms with Gasteiger partial charge < -0.3 is 14.7 Å². The Kier molecular flexibility index (Phi) is 4.74. The second-order valence-electron chi connectivity index (χ2n) is 4.80. The van der Waals surface area contributed by atoms with Gasteiger partial charge in [-0.15, -0.1) is 0 Å². The second-order valence-corrected chi connectivity index (χ2v) is 4.80. The number of nitrogens with zero attached hydrogens (tertiary/aromatic N) is 1. The third kappa shape index (κ3) is 3.81. The van der Waals surface area contributed by atoms with Crippen LogP contribution in [0.2, 0.25) is 0 Å². The fraction of sp³-hybridized carbons (Fsp3) is 0.400. The molecule has 108 valence electrons. The fourth-order valence-electron chi connectivity index (χ4n) is 2.10. The fourth-order valence-corrected chi connectivity index (χ4v) is 2.10. The molecule has 2 rings (SSSR count). The van der Waals surface area contributed by atoms with Crippen molar-refractivity contribution in [2.24, 2.45) is 0 Å². The molecule has 20 heavy (non-hydrogen) atoms. The van der Waals surface area contributed by atoms with Gasteiger partial charge in [-0.3, -0.25) is 0 Å². The number of halogens is 1. The van der Waals surface area contributed by atoms with Gasteiger partial charge >= 0.3 is 5.97 Å². The standard InChI is InChI=1S/C15H18FNO3/c1-20-9-8-17(12-4-5-12)14-6-2-11(10-13(14)16)3-7-15(18)19/h2-3,6-7,10,12H,4-5,8-9H2,1H3,(H,18,19). The van der Waals surface area contributed by atoms with Gasteiger partial charge in [-0.2, -0.15) is 0 Å². The van der Waals surface area contributed by atoms with E-state index in [0.717, 1.165) is 18.9 Å². The summed E-state index contributed by atoms with van der Waals surface area (Å²) in [6, 6.07) is 5.17. The van der Waals surface area contributed by atoms with Gasteiger partial charge in [0.1, 0.15) is 5.82 Å². The number of aliphatic carboxylic acids is 1. The number of rotatable bonds is 7. The zero-order chi connectivity index (χ0) is 14.5. The van der Waals surface area contributed by atoms with Gasteiger partial charge in [-0.1, -0.05) is 6.07 Å². The Morgan fingerprint density at radius 1 is 1.55 bits per heavy atom. The minimum atomic E-state index is -1.05. The van der Waals surface area contributed by atoms with Gasteiger partial charge in [0.15, 0.2) is 0 Å². The summed E-state index contributed by atoms with van der Waals surface area (Å²) >= 11 is 0. The summed E-state index contributed by atoms with van der Waals surface area (Å²) in [5.41, 5.74) is 1.09. The molecule has 1 aromatic rings. The maximum Gasteiger partial charge on any atom is 0.328 e. The molecule has 0 atom stereocenters. The molecule has 0 heterocycles. The highest BCUT2D eigenvalue weighted by molar-refractivity contribution is 5.85. The van der Waals surface area contributed by atoms with Gasteiger partial charge in [-0.25, -0.2) is 9.18 Å². The minimum Gasteiger partial charge on any atom is -0.478 e. The molecule has 1 N–H and O–H groups in total. The van der Waals surface area contributed by atoms with Crippen LogP contribution in [0.1, 0.15) is 18.4 Å². The predicted molar refractivity (Wildman–Crippen MR) is 75.3 cm³/mol. The highest BCUT2D eigenvalue weighted by Crippen LogP contribution is 2.33. The summed E-state index contributed by atoms with van der Waals surface area (Å²) in [4.78, 5) is 12.5. The van der Waals surface area contributed by atoms with E-state index in [1.807, 2.05) is 4.90 Å². The van der Waals surface area contributed by atoms with Gasteiger partial charge in [0.25, 0.3) is 0 Å². The molecule has 0 saturated heterocycles. The van der Waals surface area contributed by atoms with Gasteiger partial charge in [0, 0.05) is 25.8 Å². The van der Waals surface area contributed by atoms with E-state index in [9.17, 15) is 9.18 Å². The first-order chi connectivity index (χ1) is 9.61. The average molecular weight is 279 g/mol. The Hall–Kier alpha value is -1.88. The number of benzene rings is 1. The molecule has 1 aliphatic rings. The van der Waals surface area contributed by atoms with E-state index in [1.165, 1.54) is 12.1 Å². The van der Waals surface area contributed by atoms with Gasteiger partial charge in [-0.05, 0) is 36.6 Å². The molecule has 0 bridgehead atoms. The van der Waals surface area contributed by atoms with E-state index in [4.69, 9.17) is 9.84 Å². The molecule has 4 nitrogen and oxygen atoms in total. The van der Waals surface area contributed by atoms with Crippen molar-refractivity contribution < 1.29 is 19.0 Å². The summed E-state index contributed by atoms with van der Waals surface area (Å²) in [6.45, 7) is 1.21. The summed E-state index contributed by atoms with van der Waals surface area (Å²) < 4.78 is 19.2. The summed E-state index contributed by atoms with van der Waals surface area (Å²) in [5, 5.41) is 8.56. The van der Waals surface area contributed by atoms with Crippen molar-refractivity contribution >= 4 is 17.7 Å². The zero-order valence-electron chi connectivity index (χ0n) is 11.4. The van der Waals surface area contributed by atoms with Crippen LogP contribution in [0, 0.1) is 5.82 Å². The van der Waals surface area contributed by atoms with Gasteiger partial charge in [0.2, 0.25) is 0 Å². The quantitative estimate of drug-likeness (QED) is 0.779. The van der Waals surface area contributed by atoms with E-state index >= 15 is 0 Å². The van der Waals surface area contributed by atoms with Crippen LogP contribution in [-0.2, 0) is 9.53 Å². The summed E-state index contributed by atoms with van der Waals surface area (Å²) in [5.74, 6) is -1.38. The molecule has 0 amide bonds. The molecule has 0 aliphatic heterocycles. The molecular weight excluding hydrogens is 261 g/mol. The first-order valence-corrected chi connectivity index (χ1v) is 6.58. The molecular formula is C15H18FNO3. The number of hydrogen-bond donors (Lipinski definition) is 1. The largest absolute Gasteiger partial charge is 0.478 e. The van der Waals surface area contributed by atoms with Crippen LogP contribution in [0.4, 0.5) is 10.1 Å². The lowest BCUT2D eigenvalue weighted by molar-refractivity contribution is -0.131. The highest BCUT2D eigenvalue weighted by atomic mass is 19.1. The Morgan fingerprint density at radius 3 is 2.85 bits per heavy atom. The topological polar surface area (TPSA) is 49.8 Å². The number of carboxylic acids is 1. The first-order valence-electron chi connectivity index (χ1n) is 6.58. The van der Waals surface area contributed by atoms with Crippen molar-refractivity contribution in [3.05, 3.63) is 35.7 Å². The lowest BCUT2D eigenvalue weighted by Crippen LogP contribution is -2.30. The van der Waals surface area contributed by atoms with Crippen LogP contribution in [-0.4, -0.2) is 37.4 Å². The number of anilines is 1. The van der Waals surface area contributed by atoms with Crippen molar-refractivity contribution in [2.45, 2.75) is 18.9 Å². The molecule has 1 aliphatic carbocycles. The molecule has 1 aromatic carbocycles. The number of ether oxygens (including phenoxy) is 1. The molecule has 1 fully saturated rings. The van der Waals surface area contributed by atoms with E-state index in [2.05, 4.69) is 0 Å². The number of carbonyl (C=O) groups is 1. The van der Waals surface area contributed by atoms with E-state index in [0.29, 0.717) is 30.4 Å². The average Bonchev–Trinajstić information content (AvgIpc) is 3.23. The van der Waals surface area contributed by atoms with Crippen LogP contribution in [0.15, 0.2) is 24.3 Å². The molecule has 0 radical (unpaired) electrons. The Balaban J connectivity index is 2.16. The Morgan fingerprint density at radius 2 is 2.30 bits per heavy atom. The summed E-state index contributed by atoms with van der Waals surface area (Å²) in [6.07, 6.45) is 4.53. The maximum atomic E-state index is 14.2. The Bertz CT molecular complexity index is 512. The number of carboxylic acid groups (broad SMARTS) is 1. The van der Waals surface area contributed by atoms with Crippen LogP contribution in [0.5, 0.6) is 0 Å². The van der Waals surface area contributed by atoms with Crippen LogP contribution in [0.3, 0.4) is 0 Å². The zero-order valence-corrected chi connectivity index (χ0v) is 11.4. The van der Waals surface area contributed by atoms with Gasteiger partial charge in [0.05, 0.1) is 12.3 Å². The van der Waals surface area contributed by atoms with E-state index in [1.54, 1.807) is 19.2 Å². The monoisotopic (exact) mass is 279 g/mol.